The fourth-order valence-electron chi connectivity index (χ4n) is 6.08. The zero-order valence-corrected chi connectivity index (χ0v) is 22.3. The minimum absolute atomic E-state index is 0.580. The van der Waals surface area contributed by atoms with Crippen LogP contribution < -0.4 is 0 Å². The molecule has 0 heterocycles. The molecule has 0 aliphatic heterocycles. The molecular formula is C34H28Zr. The molecule has 0 radical (unpaired) electrons. The van der Waals surface area contributed by atoms with E-state index in [4.69, 9.17) is 0 Å². The molecule has 3 aliphatic rings. The van der Waals surface area contributed by atoms with Gasteiger partial charge < -0.3 is 0 Å². The van der Waals surface area contributed by atoms with E-state index in [1.165, 1.54) is 59.1 Å². The molecule has 0 unspecified atom stereocenters. The molecule has 0 aromatic heterocycles. The molecule has 168 valence electrons. The molecule has 0 bridgehead atoms. The molecule has 7 rings (SSSR count). The van der Waals surface area contributed by atoms with Crippen LogP contribution in [0.3, 0.4) is 0 Å². The number of rotatable bonds is 4. The van der Waals surface area contributed by atoms with Gasteiger partial charge in [-0.2, -0.15) is 0 Å². The Kier molecular flexibility index (Phi) is 5.48. The zero-order valence-electron chi connectivity index (χ0n) is 19.9. The van der Waals surface area contributed by atoms with E-state index < -0.39 is 21.3 Å². The van der Waals surface area contributed by atoms with Crippen LogP contribution in [-0.4, -0.2) is 3.21 Å². The predicted octanol–water partition coefficient (Wildman–Crippen LogP) is 8.91. The summed E-state index contributed by atoms with van der Waals surface area (Å²) in [6.45, 7) is 0. The van der Waals surface area contributed by atoms with E-state index in [0.29, 0.717) is 3.63 Å². The molecule has 4 aromatic rings. The van der Waals surface area contributed by atoms with Crippen LogP contribution in [0.25, 0.3) is 33.4 Å². The Balaban J connectivity index is 1.45. The number of hydrogen-bond acceptors (Lipinski definition) is 0. The summed E-state index contributed by atoms with van der Waals surface area (Å²) in [5.41, 5.74) is 11.5. The van der Waals surface area contributed by atoms with Crippen LogP contribution in [0.2, 0.25) is 0 Å². The standard InChI is InChI=1S/C25H17.C5H5.C4H6.Zr/c1-3-7-18(8-4-1)20-11-13-24-22(15-20)17-23-16-21(12-14-25(23)24)19-9-5-2-6-10-19;1-2-4-5-3-1;1-2-4-3-1;/h1-17H;1-3H,4H2;1-3H2;. The van der Waals surface area contributed by atoms with E-state index >= 15 is 0 Å². The molecule has 4 aromatic carbocycles. The number of allylic oxidation sites excluding steroid dienone is 4. The molecule has 0 N–H and O–H groups in total. The van der Waals surface area contributed by atoms with E-state index in [1.54, 1.807) is 14.4 Å². The van der Waals surface area contributed by atoms with Gasteiger partial charge in [-0.15, -0.1) is 0 Å². The third-order valence-corrected chi connectivity index (χ3v) is 16.6. The zero-order chi connectivity index (χ0) is 23.2. The molecule has 3 aliphatic carbocycles. The van der Waals surface area contributed by atoms with Crippen molar-refractivity contribution in [2.75, 3.05) is 0 Å². The second-order valence-corrected chi connectivity index (χ2v) is 16.7. The third kappa shape index (κ3) is 3.73. The monoisotopic (exact) mass is 526 g/mol. The van der Waals surface area contributed by atoms with Gasteiger partial charge >= 0.3 is 217 Å². The minimum atomic E-state index is -2.10. The molecule has 35 heavy (non-hydrogen) atoms. The fourth-order valence-corrected chi connectivity index (χ4v) is 15.5. The summed E-state index contributed by atoms with van der Waals surface area (Å²) in [5, 5.41) is 0. The van der Waals surface area contributed by atoms with Gasteiger partial charge in [-0.25, -0.2) is 0 Å². The van der Waals surface area contributed by atoms with Gasteiger partial charge in [0.05, 0.1) is 0 Å². The van der Waals surface area contributed by atoms with Crippen molar-refractivity contribution in [3.63, 3.8) is 0 Å². The molecule has 1 saturated carbocycles. The summed E-state index contributed by atoms with van der Waals surface area (Å²) in [4.78, 5) is 0. The number of fused-ring (bicyclic) bond motifs is 3. The van der Waals surface area contributed by atoms with Crippen LogP contribution in [0.15, 0.2) is 119 Å². The summed E-state index contributed by atoms with van der Waals surface area (Å²) in [6.07, 6.45) is 12.5. The Hall–Kier alpha value is -2.89. The summed E-state index contributed by atoms with van der Waals surface area (Å²) in [6, 6.07) is 36.4. The second-order valence-electron chi connectivity index (χ2n) is 9.96. The van der Waals surface area contributed by atoms with Gasteiger partial charge in [0.25, 0.3) is 0 Å². The van der Waals surface area contributed by atoms with E-state index in [1.807, 2.05) is 3.21 Å². The van der Waals surface area contributed by atoms with Crippen LogP contribution in [0.4, 0.5) is 0 Å². The van der Waals surface area contributed by atoms with Crippen molar-refractivity contribution in [1.29, 1.82) is 0 Å². The quantitative estimate of drug-likeness (QED) is 0.248. The summed E-state index contributed by atoms with van der Waals surface area (Å²) in [5.74, 6) is 0. The van der Waals surface area contributed by atoms with Crippen molar-refractivity contribution in [3.8, 4) is 33.4 Å². The van der Waals surface area contributed by atoms with Gasteiger partial charge in [-0.05, 0) is 0 Å². The SMILES string of the molecule is C1=CC[C]([Zr](=[C]2CCC2)[CH]2c3cc(-c4ccccc4)ccc3-c3ccc(-c4ccccc4)cc32)=C1. The Morgan fingerprint density at radius 2 is 1.17 bits per heavy atom. The van der Waals surface area contributed by atoms with Crippen LogP contribution in [0.5, 0.6) is 0 Å². The Labute approximate surface area is 215 Å². The Morgan fingerprint density at radius 1 is 0.600 bits per heavy atom. The van der Waals surface area contributed by atoms with Crippen LogP contribution in [-0.2, 0) is 21.3 Å². The molecule has 0 saturated heterocycles. The van der Waals surface area contributed by atoms with Crippen LogP contribution in [0.1, 0.15) is 40.4 Å². The van der Waals surface area contributed by atoms with E-state index in [0.717, 1.165) is 0 Å². The van der Waals surface area contributed by atoms with Gasteiger partial charge in [0, 0.05) is 0 Å². The van der Waals surface area contributed by atoms with Gasteiger partial charge in [0.1, 0.15) is 0 Å². The normalized spacial score (nSPS) is 16.0. The van der Waals surface area contributed by atoms with Gasteiger partial charge in [0.2, 0.25) is 0 Å². The van der Waals surface area contributed by atoms with Gasteiger partial charge in [-0.3, -0.25) is 0 Å². The first-order chi connectivity index (χ1) is 17.4. The summed E-state index contributed by atoms with van der Waals surface area (Å²) >= 11 is -2.10. The molecular weight excluding hydrogens is 500 g/mol. The van der Waals surface area contributed by atoms with E-state index in [2.05, 4.69) is 115 Å². The predicted molar refractivity (Wildman–Crippen MR) is 145 cm³/mol. The van der Waals surface area contributed by atoms with Crippen molar-refractivity contribution in [2.24, 2.45) is 0 Å². The first-order valence-electron chi connectivity index (χ1n) is 12.8. The van der Waals surface area contributed by atoms with Crippen molar-refractivity contribution < 1.29 is 21.3 Å². The molecule has 0 amide bonds. The van der Waals surface area contributed by atoms with Gasteiger partial charge in [0.15, 0.2) is 0 Å². The summed E-state index contributed by atoms with van der Waals surface area (Å²) in [7, 11) is 0. The Morgan fingerprint density at radius 3 is 1.63 bits per heavy atom. The number of hydrogen-bond donors (Lipinski definition) is 0. The van der Waals surface area contributed by atoms with Crippen molar-refractivity contribution in [1.82, 2.24) is 0 Å². The van der Waals surface area contributed by atoms with Crippen molar-refractivity contribution >= 4 is 3.21 Å². The fraction of sp³-hybridized carbons (Fsp3) is 0.147. The number of benzene rings is 4. The van der Waals surface area contributed by atoms with Crippen molar-refractivity contribution in [2.45, 2.75) is 29.3 Å². The first kappa shape index (κ1) is 21.4. The first-order valence-corrected chi connectivity index (χ1v) is 16.7. The molecule has 0 spiro atoms. The average Bonchev–Trinajstić information content (AvgIpc) is 3.53. The maximum atomic E-state index is 2.54. The summed E-state index contributed by atoms with van der Waals surface area (Å²) < 4.78 is 4.32. The second kappa shape index (κ2) is 8.96. The van der Waals surface area contributed by atoms with Crippen molar-refractivity contribution in [3.05, 3.63) is 130 Å². The average molecular weight is 528 g/mol. The maximum absolute atomic E-state index is 2.54. The molecule has 0 atom stereocenters. The Bertz CT molecular complexity index is 1420. The molecule has 1 fully saturated rings. The van der Waals surface area contributed by atoms with E-state index in [9.17, 15) is 0 Å². The van der Waals surface area contributed by atoms with Gasteiger partial charge in [-0.1, -0.05) is 0 Å². The third-order valence-electron chi connectivity index (χ3n) is 7.97. The molecule has 1 heteroatoms. The van der Waals surface area contributed by atoms with Crippen LogP contribution >= 0.6 is 0 Å². The molecule has 0 nitrogen and oxygen atoms in total. The topological polar surface area (TPSA) is 0 Å². The van der Waals surface area contributed by atoms with Crippen LogP contribution in [0, 0.1) is 0 Å². The van der Waals surface area contributed by atoms with E-state index in [-0.39, 0.29) is 0 Å².